The Morgan fingerprint density at radius 1 is 0.700 bits per heavy atom. The average molecular weight is 536 g/mol. The Morgan fingerprint density at radius 3 is 1.57 bits per heavy atom. The Balaban J connectivity index is 1.42. The molecule has 0 heterocycles. The van der Waals surface area contributed by atoms with Gasteiger partial charge in [0.2, 0.25) is 0 Å². The maximum absolute atomic E-state index is 12.4. The number of rotatable bonds is 13. The highest BCUT2D eigenvalue weighted by atomic mass is 16.5. The number of aliphatic hydroxyl groups excluding tert-OH is 1. The van der Waals surface area contributed by atoms with Crippen molar-refractivity contribution in [2.75, 3.05) is 26.8 Å². The molecule has 0 fully saturated rings. The molecule has 0 spiro atoms. The molecule has 4 rings (SSSR count). The van der Waals surface area contributed by atoms with E-state index in [1.54, 1.807) is 0 Å². The number of hydrogen-bond acceptors (Lipinski definition) is 6. The molecule has 40 heavy (non-hydrogen) atoms. The molecule has 1 atom stereocenters. The van der Waals surface area contributed by atoms with E-state index in [4.69, 9.17) is 14.2 Å². The van der Waals surface area contributed by atoms with Gasteiger partial charge in [0.15, 0.2) is 0 Å². The predicted octanol–water partition coefficient (Wildman–Crippen LogP) is 6.83. The minimum absolute atomic E-state index is 0.352. The number of carbonyl (C=O) groups excluding carboxylic acids is 1. The van der Waals surface area contributed by atoms with E-state index in [1.807, 2.05) is 138 Å². The standard InChI is InChI=1S/C34H33NO5/c1-38-34(37)33(26-36)35(22-10-14-27-12-8-20-31(24-27)39-29-16-4-2-5-17-29)23-11-15-28-13-9-21-32(25-28)40-30-18-6-3-7-19-30/h2-21,24-25,33,36H,22-23,26H2,1H3/t33-/m0/s1. The molecule has 6 heteroatoms. The lowest BCUT2D eigenvalue weighted by Gasteiger charge is -2.26. The van der Waals surface area contributed by atoms with Crippen molar-refractivity contribution >= 4 is 18.1 Å². The Kier molecular flexibility index (Phi) is 10.7. The van der Waals surface area contributed by atoms with Crippen molar-refractivity contribution in [2.45, 2.75) is 6.04 Å². The van der Waals surface area contributed by atoms with E-state index in [2.05, 4.69) is 0 Å². The highest BCUT2D eigenvalue weighted by Gasteiger charge is 2.24. The molecule has 0 bridgehead atoms. The molecule has 0 saturated carbocycles. The minimum atomic E-state index is -0.792. The SMILES string of the molecule is COC(=O)[C@H](CO)N(CC=Cc1cccc(Oc2ccccc2)c1)CC=Cc1cccc(Oc2ccccc2)c1. The van der Waals surface area contributed by atoms with Gasteiger partial charge < -0.3 is 19.3 Å². The second kappa shape index (κ2) is 15.1. The third-order valence-electron chi connectivity index (χ3n) is 6.06. The Bertz CT molecular complexity index is 1310. The zero-order valence-electron chi connectivity index (χ0n) is 22.4. The minimum Gasteiger partial charge on any atom is -0.468 e. The number of aliphatic hydroxyl groups is 1. The van der Waals surface area contributed by atoms with Gasteiger partial charge in [-0.05, 0) is 59.7 Å². The van der Waals surface area contributed by atoms with Gasteiger partial charge in [-0.15, -0.1) is 0 Å². The summed E-state index contributed by atoms with van der Waals surface area (Å²) in [4.78, 5) is 14.2. The lowest BCUT2D eigenvalue weighted by Crippen LogP contribution is -2.44. The smallest absolute Gasteiger partial charge is 0.325 e. The van der Waals surface area contributed by atoms with Gasteiger partial charge in [-0.25, -0.2) is 0 Å². The van der Waals surface area contributed by atoms with E-state index < -0.39 is 12.0 Å². The Hall–Kier alpha value is -4.65. The number of carbonyl (C=O) groups is 1. The summed E-state index contributed by atoms with van der Waals surface area (Å²) in [5.74, 6) is 2.51. The van der Waals surface area contributed by atoms with Crippen LogP contribution in [0.3, 0.4) is 0 Å². The van der Waals surface area contributed by atoms with E-state index >= 15 is 0 Å². The van der Waals surface area contributed by atoms with Crippen LogP contribution in [0, 0.1) is 0 Å². The fraction of sp³-hybridized carbons (Fsp3) is 0.147. The molecule has 0 aromatic heterocycles. The van der Waals surface area contributed by atoms with Crippen LogP contribution >= 0.6 is 0 Å². The molecule has 0 amide bonds. The van der Waals surface area contributed by atoms with Crippen LogP contribution in [0.15, 0.2) is 121 Å². The summed E-state index contributed by atoms with van der Waals surface area (Å²) < 4.78 is 16.8. The van der Waals surface area contributed by atoms with Gasteiger partial charge in [-0.1, -0.05) is 85.0 Å². The molecule has 6 nitrogen and oxygen atoms in total. The number of para-hydroxylation sites is 2. The maximum atomic E-state index is 12.4. The number of ether oxygens (including phenoxy) is 3. The second-order valence-electron chi connectivity index (χ2n) is 8.96. The first kappa shape index (κ1) is 28.4. The lowest BCUT2D eigenvalue weighted by molar-refractivity contribution is -0.148. The number of hydrogen-bond donors (Lipinski definition) is 1. The van der Waals surface area contributed by atoms with Crippen LogP contribution in [-0.4, -0.2) is 48.8 Å². The largest absolute Gasteiger partial charge is 0.468 e. The average Bonchev–Trinajstić information content (AvgIpc) is 2.98. The maximum Gasteiger partial charge on any atom is 0.325 e. The molecule has 0 aliphatic heterocycles. The van der Waals surface area contributed by atoms with Crippen molar-refractivity contribution in [1.29, 1.82) is 0 Å². The molecule has 1 N–H and O–H groups in total. The van der Waals surface area contributed by atoms with Crippen molar-refractivity contribution in [2.24, 2.45) is 0 Å². The number of nitrogens with zero attached hydrogens (tertiary/aromatic N) is 1. The molecular weight excluding hydrogens is 502 g/mol. The number of esters is 1. The fourth-order valence-electron chi connectivity index (χ4n) is 4.07. The van der Waals surface area contributed by atoms with Crippen LogP contribution in [-0.2, 0) is 9.53 Å². The molecule has 204 valence electrons. The van der Waals surface area contributed by atoms with E-state index in [0.717, 1.165) is 34.1 Å². The summed E-state index contributed by atoms with van der Waals surface area (Å²) in [5.41, 5.74) is 1.91. The zero-order chi connectivity index (χ0) is 28.0. The van der Waals surface area contributed by atoms with Crippen molar-refractivity contribution in [3.63, 3.8) is 0 Å². The van der Waals surface area contributed by atoms with Crippen molar-refractivity contribution in [1.82, 2.24) is 4.90 Å². The van der Waals surface area contributed by atoms with Crippen LogP contribution in [0.25, 0.3) is 12.2 Å². The molecule has 4 aromatic rings. The molecule has 0 saturated heterocycles. The van der Waals surface area contributed by atoms with Crippen molar-refractivity contribution in [3.8, 4) is 23.0 Å². The molecule has 0 aliphatic rings. The Morgan fingerprint density at radius 2 is 1.15 bits per heavy atom. The highest BCUT2D eigenvalue weighted by Crippen LogP contribution is 2.23. The second-order valence-corrected chi connectivity index (χ2v) is 8.96. The topological polar surface area (TPSA) is 68.2 Å². The van der Waals surface area contributed by atoms with Crippen LogP contribution in [0.1, 0.15) is 11.1 Å². The fourth-order valence-corrected chi connectivity index (χ4v) is 4.07. The third-order valence-corrected chi connectivity index (χ3v) is 6.06. The monoisotopic (exact) mass is 535 g/mol. The van der Waals surface area contributed by atoms with E-state index in [-0.39, 0.29) is 6.61 Å². The molecule has 4 aromatic carbocycles. The van der Waals surface area contributed by atoms with E-state index in [9.17, 15) is 9.90 Å². The van der Waals surface area contributed by atoms with Gasteiger partial charge in [0.05, 0.1) is 13.7 Å². The summed E-state index contributed by atoms with van der Waals surface area (Å²) in [6.45, 7) is 0.492. The first-order chi connectivity index (χ1) is 19.6. The van der Waals surface area contributed by atoms with Gasteiger partial charge in [0.25, 0.3) is 0 Å². The summed E-state index contributed by atoms with van der Waals surface area (Å²) in [5, 5.41) is 9.96. The van der Waals surface area contributed by atoms with Crippen molar-refractivity contribution in [3.05, 3.63) is 132 Å². The van der Waals surface area contributed by atoms with Gasteiger partial charge in [0.1, 0.15) is 29.0 Å². The van der Waals surface area contributed by atoms with Crippen molar-refractivity contribution < 1.29 is 24.1 Å². The number of methoxy groups -OCH3 is 1. The predicted molar refractivity (Wildman–Crippen MR) is 158 cm³/mol. The van der Waals surface area contributed by atoms with Crippen LogP contribution in [0.4, 0.5) is 0 Å². The van der Waals surface area contributed by atoms with E-state index in [1.165, 1.54) is 7.11 Å². The summed E-state index contributed by atoms with van der Waals surface area (Å²) in [7, 11) is 1.32. The molecule has 0 radical (unpaired) electrons. The summed E-state index contributed by atoms with van der Waals surface area (Å²) in [6.07, 6.45) is 7.83. The Labute approximate surface area is 235 Å². The summed E-state index contributed by atoms with van der Waals surface area (Å²) in [6, 6.07) is 33.9. The zero-order valence-corrected chi connectivity index (χ0v) is 22.4. The lowest BCUT2D eigenvalue weighted by atomic mass is 10.1. The third kappa shape index (κ3) is 8.70. The first-order valence-electron chi connectivity index (χ1n) is 13.1. The molecule has 0 unspecified atom stereocenters. The molecular formula is C34H33NO5. The van der Waals surface area contributed by atoms with Crippen LogP contribution in [0.5, 0.6) is 23.0 Å². The highest BCUT2D eigenvalue weighted by molar-refractivity contribution is 5.76. The van der Waals surface area contributed by atoms with Gasteiger partial charge >= 0.3 is 5.97 Å². The van der Waals surface area contributed by atoms with Gasteiger partial charge in [-0.2, -0.15) is 0 Å². The van der Waals surface area contributed by atoms with Crippen LogP contribution < -0.4 is 9.47 Å². The summed E-state index contributed by atoms with van der Waals surface area (Å²) >= 11 is 0. The number of benzene rings is 4. The normalized spacial score (nSPS) is 12.1. The van der Waals surface area contributed by atoms with E-state index in [0.29, 0.717) is 13.1 Å². The first-order valence-corrected chi connectivity index (χ1v) is 13.1. The van der Waals surface area contributed by atoms with Gasteiger partial charge in [-0.3, -0.25) is 9.69 Å². The van der Waals surface area contributed by atoms with Gasteiger partial charge in [0, 0.05) is 13.1 Å². The van der Waals surface area contributed by atoms with Crippen LogP contribution in [0.2, 0.25) is 0 Å². The quantitative estimate of drug-likeness (QED) is 0.189. The molecule has 0 aliphatic carbocycles.